The predicted octanol–water partition coefficient (Wildman–Crippen LogP) is 3.68. The molecule has 1 atom stereocenters. The Morgan fingerprint density at radius 3 is 1.89 bits per heavy atom. The van der Waals surface area contributed by atoms with Gasteiger partial charge in [0.25, 0.3) is 0 Å². The van der Waals surface area contributed by atoms with E-state index < -0.39 is 11.9 Å². The number of fused-ring (bicyclic) bond motifs is 12. The van der Waals surface area contributed by atoms with Crippen molar-refractivity contribution in [2.75, 3.05) is 88.0 Å². The van der Waals surface area contributed by atoms with Crippen molar-refractivity contribution in [2.45, 2.75) is 31.8 Å². The van der Waals surface area contributed by atoms with Crippen molar-refractivity contribution >= 4 is 11.9 Å². The molecule has 12 heteroatoms. The normalized spacial score (nSPS) is 21.4. The molecular weight excluding hydrogens is 572 g/mol. The van der Waals surface area contributed by atoms with Crippen LogP contribution in [0.5, 0.6) is 34.5 Å². The molecular formula is C32H44N2O10. The van der Waals surface area contributed by atoms with Crippen LogP contribution in [0.1, 0.15) is 46.4 Å². The SMILES string of the molecule is COc1cc(C(=O)OC2CCCOc3cc(cc(OC)c3OC)C(=O)OCCCN3CCN(CC2)CC3)cc(OC)c1OC. The molecule has 1 saturated heterocycles. The monoisotopic (exact) mass is 616 g/mol. The minimum atomic E-state index is -0.476. The van der Waals surface area contributed by atoms with E-state index in [1.807, 2.05) is 0 Å². The second kappa shape index (κ2) is 16.2. The first-order chi connectivity index (χ1) is 21.4. The van der Waals surface area contributed by atoms with Gasteiger partial charge in [-0.2, -0.15) is 0 Å². The van der Waals surface area contributed by atoms with Gasteiger partial charge in [0, 0.05) is 39.3 Å². The van der Waals surface area contributed by atoms with Crippen LogP contribution in [0.2, 0.25) is 0 Å². The number of ether oxygens (including phenoxy) is 8. The number of nitrogens with zero attached hydrogens (tertiary/aromatic N) is 2. The number of carbonyl (C=O) groups is 2. The van der Waals surface area contributed by atoms with Crippen molar-refractivity contribution in [1.82, 2.24) is 9.80 Å². The maximum absolute atomic E-state index is 13.4. The number of benzene rings is 2. The van der Waals surface area contributed by atoms with Gasteiger partial charge in [-0.3, -0.25) is 0 Å². The van der Waals surface area contributed by atoms with Crippen LogP contribution in [-0.2, 0) is 9.47 Å². The summed E-state index contributed by atoms with van der Waals surface area (Å²) in [6, 6.07) is 6.38. The smallest absolute Gasteiger partial charge is 0.338 e. The molecule has 3 aliphatic heterocycles. The van der Waals surface area contributed by atoms with E-state index in [1.54, 1.807) is 24.3 Å². The zero-order valence-electron chi connectivity index (χ0n) is 26.3. The molecule has 5 rings (SSSR count). The van der Waals surface area contributed by atoms with Gasteiger partial charge in [0.15, 0.2) is 23.0 Å². The van der Waals surface area contributed by atoms with Crippen molar-refractivity contribution in [2.24, 2.45) is 0 Å². The Balaban J connectivity index is 1.53. The fourth-order valence-electron chi connectivity index (χ4n) is 5.43. The molecule has 0 aliphatic carbocycles. The highest BCUT2D eigenvalue weighted by atomic mass is 16.6. The van der Waals surface area contributed by atoms with Crippen molar-refractivity contribution in [3.8, 4) is 34.5 Å². The predicted molar refractivity (Wildman–Crippen MR) is 162 cm³/mol. The summed E-state index contributed by atoms with van der Waals surface area (Å²) in [6.07, 6.45) is 2.20. The second-order valence-corrected chi connectivity index (χ2v) is 10.6. The molecule has 0 aromatic heterocycles. The Hall–Kier alpha value is -3.90. The summed E-state index contributed by atoms with van der Waals surface area (Å²) in [7, 11) is 7.54. The summed E-state index contributed by atoms with van der Waals surface area (Å²) in [4.78, 5) is 31.0. The first-order valence-corrected chi connectivity index (χ1v) is 14.9. The zero-order valence-corrected chi connectivity index (χ0v) is 26.3. The minimum absolute atomic E-state index is 0.301. The molecule has 2 aromatic carbocycles. The van der Waals surface area contributed by atoms with Gasteiger partial charge in [-0.05, 0) is 49.9 Å². The minimum Gasteiger partial charge on any atom is -0.493 e. The standard InChI is InChI=1S/C32H44N2O10/c1-37-25-19-23(20-26(38-2)29(25)40-4)32(36)44-24-8-6-16-42-28-21-22(18-27(39-3)30(28)41-5)31(35)43-17-7-10-33-12-14-34(11-9-24)15-13-33/h18-21,24H,6-17H2,1-5H3. The first kappa shape index (κ1) is 33.0. The van der Waals surface area contributed by atoms with Gasteiger partial charge in [0.2, 0.25) is 11.5 Å². The molecule has 0 N–H and O–H groups in total. The van der Waals surface area contributed by atoms with Crippen molar-refractivity contribution in [1.29, 1.82) is 0 Å². The summed E-state index contributed by atoms with van der Waals surface area (Å²) < 4.78 is 44.9. The average Bonchev–Trinajstić information content (AvgIpc) is 3.05. The highest BCUT2D eigenvalue weighted by Gasteiger charge is 2.24. The molecule has 0 amide bonds. The Morgan fingerprint density at radius 1 is 0.682 bits per heavy atom. The molecule has 1 unspecified atom stereocenters. The lowest BCUT2D eigenvalue weighted by atomic mass is 10.1. The fourth-order valence-corrected chi connectivity index (χ4v) is 5.43. The van der Waals surface area contributed by atoms with E-state index in [4.69, 9.17) is 37.9 Å². The lowest BCUT2D eigenvalue weighted by Crippen LogP contribution is -2.47. The number of hydrogen-bond acceptors (Lipinski definition) is 12. The van der Waals surface area contributed by atoms with E-state index in [0.717, 1.165) is 45.7 Å². The van der Waals surface area contributed by atoms with E-state index in [1.165, 1.54) is 35.5 Å². The third kappa shape index (κ3) is 8.38. The summed E-state index contributed by atoms with van der Waals surface area (Å²) in [5, 5.41) is 0. The number of carbonyl (C=O) groups excluding carboxylic acids is 2. The van der Waals surface area contributed by atoms with Gasteiger partial charge < -0.3 is 47.7 Å². The van der Waals surface area contributed by atoms with Gasteiger partial charge in [-0.25, -0.2) is 9.59 Å². The van der Waals surface area contributed by atoms with E-state index in [-0.39, 0.29) is 6.10 Å². The molecule has 0 radical (unpaired) electrons. The molecule has 44 heavy (non-hydrogen) atoms. The quantitative estimate of drug-likeness (QED) is 0.423. The van der Waals surface area contributed by atoms with Crippen LogP contribution in [0, 0.1) is 0 Å². The first-order valence-electron chi connectivity index (χ1n) is 14.9. The third-order valence-corrected chi connectivity index (χ3v) is 7.87. The van der Waals surface area contributed by atoms with Gasteiger partial charge in [0.05, 0.1) is 59.9 Å². The lowest BCUT2D eigenvalue weighted by Gasteiger charge is -2.35. The summed E-state index contributed by atoms with van der Waals surface area (Å²) in [5.41, 5.74) is 0.627. The molecule has 2 aromatic rings. The van der Waals surface area contributed by atoms with E-state index >= 15 is 0 Å². The lowest BCUT2D eigenvalue weighted by molar-refractivity contribution is 0.0199. The molecule has 0 spiro atoms. The van der Waals surface area contributed by atoms with E-state index in [0.29, 0.717) is 78.1 Å². The van der Waals surface area contributed by atoms with Crippen LogP contribution in [0.3, 0.4) is 0 Å². The Kier molecular flexibility index (Phi) is 12.2. The highest BCUT2D eigenvalue weighted by Crippen LogP contribution is 2.40. The Morgan fingerprint density at radius 2 is 1.27 bits per heavy atom. The Labute approximate surface area is 259 Å². The third-order valence-electron chi connectivity index (χ3n) is 7.87. The van der Waals surface area contributed by atoms with Crippen LogP contribution < -0.4 is 28.4 Å². The molecule has 12 nitrogen and oxygen atoms in total. The molecule has 4 bridgehead atoms. The van der Waals surface area contributed by atoms with Crippen molar-refractivity contribution < 1.29 is 47.5 Å². The number of rotatable bonds is 7. The van der Waals surface area contributed by atoms with Crippen LogP contribution in [0.15, 0.2) is 24.3 Å². The number of esters is 2. The van der Waals surface area contributed by atoms with Gasteiger partial charge >= 0.3 is 11.9 Å². The topological polar surface area (TPSA) is 114 Å². The van der Waals surface area contributed by atoms with Crippen LogP contribution in [-0.4, -0.2) is 116 Å². The highest BCUT2D eigenvalue weighted by molar-refractivity contribution is 5.92. The van der Waals surface area contributed by atoms with Crippen molar-refractivity contribution in [3.05, 3.63) is 35.4 Å². The number of hydrogen-bond donors (Lipinski definition) is 0. The summed E-state index contributed by atoms with van der Waals surface area (Å²) in [6.45, 7) is 5.96. The summed E-state index contributed by atoms with van der Waals surface area (Å²) >= 11 is 0. The summed E-state index contributed by atoms with van der Waals surface area (Å²) in [5.74, 6) is 1.36. The van der Waals surface area contributed by atoms with Gasteiger partial charge in [-0.15, -0.1) is 0 Å². The maximum Gasteiger partial charge on any atom is 0.338 e. The maximum atomic E-state index is 13.4. The molecule has 3 aliphatic rings. The zero-order chi connectivity index (χ0) is 31.5. The molecule has 3 heterocycles. The van der Waals surface area contributed by atoms with E-state index in [9.17, 15) is 9.59 Å². The Bertz CT molecular complexity index is 1240. The number of piperazine rings is 1. The average molecular weight is 617 g/mol. The molecule has 242 valence electrons. The fraction of sp³-hybridized carbons (Fsp3) is 0.562. The van der Waals surface area contributed by atoms with Gasteiger partial charge in [-0.1, -0.05) is 0 Å². The van der Waals surface area contributed by atoms with Crippen LogP contribution in [0.25, 0.3) is 0 Å². The van der Waals surface area contributed by atoms with Gasteiger partial charge in [0.1, 0.15) is 6.10 Å². The van der Waals surface area contributed by atoms with Crippen molar-refractivity contribution in [3.63, 3.8) is 0 Å². The van der Waals surface area contributed by atoms with Crippen LogP contribution in [0.4, 0.5) is 0 Å². The largest absolute Gasteiger partial charge is 0.493 e. The van der Waals surface area contributed by atoms with E-state index in [2.05, 4.69) is 9.80 Å². The molecule has 1 fully saturated rings. The van der Waals surface area contributed by atoms with Crippen LogP contribution >= 0.6 is 0 Å². The second-order valence-electron chi connectivity index (χ2n) is 10.6. The number of methoxy groups -OCH3 is 5. The molecule has 0 saturated carbocycles.